The predicted octanol–water partition coefficient (Wildman–Crippen LogP) is 3.37. The quantitative estimate of drug-likeness (QED) is 0.692. The number of rotatable bonds is 7. The van der Waals surface area contributed by atoms with Gasteiger partial charge in [-0.15, -0.1) is 0 Å². The predicted molar refractivity (Wildman–Crippen MR) is 120 cm³/mol. The molecule has 32 heavy (non-hydrogen) atoms. The van der Waals surface area contributed by atoms with Crippen molar-refractivity contribution in [2.45, 2.75) is 65.5 Å². The lowest BCUT2D eigenvalue weighted by Gasteiger charge is -2.33. The first-order valence-corrected chi connectivity index (χ1v) is 11.3. The lowest BCUT2D eigenvalue weighted by atomic mass is 9.96. The molecule has 0 bridgehead atoms. The van der Waals surface area contributed by atoms with Gasteiger partial charge in [0, 0.05) is 32.2 Å². The Hall–Kier alpha value is -2.64. The van der Waals surface area contributed by atoms with Crippen LogP contribution in [0.3, 0.4) is 0 Å². The van der Waals surface area contributed by atoms with Gasteiger partial charge >= 0.3 is 6.09 Å². The number of hydrogen-bond donors (Lipinski definition) is 1. The molecule has 1 aromatic rings. The van der Waals surface area contributed by atoms with Crippen molar-refractivity contribution in [1.29, 1.82) is 0 Å². The van der Waals surface area contributed by atoms with Gasteiger partial charge in [0.1, 0.15) is 11.4 Å². The summed E-state index contributed by atoms with van der Waals surface area (Å²) in [5, 5.41) is 2.93. The highest BCUT2D eigenvalue weighted by atomic mass is 19.1. The van der Waals surface area contributed by atoms with Gasteiger partial charge in [0.25, 0.3) is 0 Å². The van der Waals surface area contributed by atoms with Crippen LogP contribution in [0.2, 0.25) is 0 Å². The first-order valence-electron chi connectivity index (χ1n) is 11.3. The average molecular weight is 450 g/mol. The third-order valence-electron chi connectivity index (χ3n) is 5.49. The highest BCUT2D eigenvalue weighted by molar-refractivity contribution is 5.82. The molecule has 1 heterocycles. The summed E-state index contributed by atoms with van der Waals surface area (Å²) in [4.78, 5) is 41.1. The summed E-state index contributed by atoms with van der Waals surface area (Å²) in [5.41, 5.74) is 0.165. The van der Waals surface area contributed by atoms with Crippen molar-refractivity contribution in [3.8, 4) is 0 Å². The number of carbonyl (C=O) groups excluding carboxylic acids is 3. The summed E-state index contributed by atoms with van der Waals surface area (Å²) >= 11 is 0. The zero-order valence-electron chi connectivity index (χ0n) is 19.8. The Labute approximate surface area is 190 Å². The molecule has 7 nitrogen and oxygen atoms in total. The molecule has 2 rings (SSSR count). The van der Waals surface area contributed by atoms with Crippen LogP contribution in [0.5, 0.6) is 0 Å². The zero-order chi connectivity index (χ0) is 23.9. The van der Waals surface area contributed by atoms with E-state index in [1.165, 1.54) is 12.1 Å². The maximum Gasteiger partial charge on any atom is 0.410 e. The third-order valence-corrected chi connectivity index (χ3v) is 5.49. The van der Waals surface area contributed by atoms with Gasteiger partial charge in [-0.05, 0) is 65.2 Å². The van der Waals surface area contributed by atoms with Gasteiger partial charge in [-0.3, -0.25) is 9.59 Å². The van der Waals surface area contributed by atoms with E-state index in [2.05, 4.69) is 5.32 Å². The molecule has 1 aliphatic heterocycles. The van der Waals surface area contributed by atoms with Gasteiger partial charge < -0.3 is 19.9 Å². The fourth-order valence-electron chi connectivity index (χ4n) is 3.75. The molecule has 178 valence electrons. The Morgan fingerprint density at radius 1 is 1.25 bits per heavy atom. The first-order chi connectivity index (χ1) is 15.0. The van der Waals surface area contributed by atoms with Crippen molar-refractivity contribution in [3.05, 3.63) is 35.6 Å². The fourth-order valence-corrected chi connectivity index (χ4v) is 3.75. The van der Waals surface area contributed by atoms with Crippen molar-refractivity contribution >= 4 is 17.9 Å². The van der Waals surface area contributed by atoms with Crippen LogP contribution in [-0.2, 0) is 20.7 Å². The van der Waals surface area contributed by atoms with E-state index in [0.29, 0.717) is 32.6 Å². The Balaban J connectivity index is 1.86. The zero-order valence-corrected chi connectivity index (χ0v) is 19.8. The summed E-state index contributed by atoms with van der Waals surface area (Å²) in [5.74, 6) is -0.802. The van der Waals surface area contributed by atoms with Crippen LogP contribution in [0, 0.1) is 11.7 Å². The summed E-state index contributed by atoms with van der Waals surface area (Å²) in [6.45, 7) is 11.0. The molecule has 2 atom stereocenters. The molecule has 0 aliphatic carbocycles. The number of hydrogen-bond acceptors (Lipinski definition) is 4. The fraction of sp³-hybridized carbons (Fsp3) is 0.625. The molecule has 3 amide bonds. The van der Waals surface area contributed by atoms with Gasteiger partial charge in [-0.1, -0.05) is 12.1 Å². The Bertz CT molecular complexity index is 791. The SMILES string of the molecule is CCN(C(=O)OC(C)(C)C)[C@H](C)CNC(=O)[C@@H]1CCCN(C(=O)Cc2ccc(F)cc2)C1. The van der Waals surface area contributed by atoms with E-state index < -0.39 is 11.7 Å². The van der Waals surface area contributed by atoms with Crippen molar-refractivity contribution in [2.75, 3.05) is 26.2 Å². The van der Waals surface area contributed by atoms with E-state index in [4.69, 9.17) is 4.74 Å². The molecular weight excluding hydrogens is 413 g/mol. The first kappa shape index (κ1) is 25.6. The molecule has 0 spiro atoms. The number of likely N-dealkylation sites (N-methyl/N-ethyl adjacent to an activating group) is 1. The standard InChI is InChI=1S/C24H36FN3O4/c1-6-28(23(31)32-24(3,4)5)17(2)15-26-22(30)19-8-7-13-27(16-19)21(29)14-18-9-11-20(25)12-10-18/h9-12,17,19H,6-8,13-16H2,1-5H3,(H,26,30)/t17-,19-/m1/s1. The van der Waals surface area contributed by atoms with Crippen molar-refractivity contribution in [2.24, 2.45) is 5.92 Å². The van der Waals surface area contributed by atoms with E-state index in [-0.39, 0.29) is 36.0 Å². The van der Waals surface area contributed by atoms with Crippen LogP contribution in [0.4, 0.5) is 9.18 Å². The minimum absolute atomic E-state index is 0.0652. The highest BCUT2D eigenvalue weighted by Gasteiger charge is 2.30. The number of amides is 3. The molecule has 1 N–H and O–H groups in total. The van der Waals surface area contributed by atoms with Crippen LogP contribution < -0.4 is 5.32 Å². The van der Waals surface area contributed by atoms with Crippen LogP contribution in [0.1, 0.15) is 53.0 Å². The number of benzene rings is 1. The van der Waals surface area contributed by atoms with Crippen LogP contribution in [-0.4, -0.2) is 65.5 Å². The minimum Gasteiger partial charge on any atom is -0.444 e. The van der Waals surface area contributed by atoms with E-state index in [0.717, 1.165) is 12.0 Å². The summed E-state index contributed by atoms with van der Waals surface area (Å²) < 4.78 is 18.5. The number of halogens is 1. The number of ether oxygens (including phenoxy) is 1. The number of likely N-dealkylation sites (tertiary alicyclic amines) is 1. The van der Waals surface area contributed by atoms with Gasteiger partial charge in [0.15, 0.2) is 0 Å². The van der Waals surface area contributed by atoms with Gasteiger partial charge in [-0.2, -0.15) is 0 Å². The lowest BCUT2D eigenvalue weighted by molar-refractivity contribution is -0.135. The molecular formula is C24H36FN3O4. The largest absolute Gasteiger partial charge is 0.444 e. The second kappa shape index (κ2) is 11.3. The van der Waals surface area contributed by atoms with Crippen molar-refractivity contribution < 1.29 is 23.5 Å². The van der Waals surface area contributed by atoms with Crippen molar-refractivity contribution in [3.63, 3.8) is 0 Å². The van der Waals surface area contributed by atoms with Crippen LogP contribution in [0.15, 0.2) is 24.3 Å². The normalized spacial score (nSPS) is 17.4. The minimum atomic E-state index is -0.584. The molecule has 0 aromatic heterocycles. The van der Waals surface area contributed by atoms with E-state index in [1.807, 2.05) is 34.6 Å². The molecule has 0 saturated carbocycles. The number of piperidine rings is 1. The topological polar surface area (TPSA) is 79.0 Å². The van der Waals surface area contributed by atoms with E-state index >= 15 is 0 Å². The smallest absolute Gasteiger partial charge is 0.410 e. The van der Waals surface area contributed by atoms with Gasteiger partial charge in [0.2, 0.25) is 11.8 Å². The number of nitrogens with one attached hydrogen (secondary N) is 1. The summed E-state index contributed by atoms with van der Waals surface area (Å²) in [7, 11) is 0. The molecule has 8 heteroatoms. The molecule has 1 fully saturated rings. The Morgan fingerprint density at radius 3 is 2.50 bits per heavy atom. The molecule has 1 saturated heterocycles. The molecule has 1 aromatic carbocycles. The monoisotopic (exact) mass is 449 g/mol. The maximum atomic E-state index is 13.1. The van der Waals surface area contributed by atoms with Crippen LogP contribution >= 0.6 is 0 Å². The summed E-state index contributed by atoms with van der Waals surface area (Å²) in [6.07, 6.45) is 1.25. The molecule has 0 radical (unpaired) electrons. The number of carbonyl (C=O) groups is 3. The van der Waals surface area contributed by atoms with E-state index in [1.54, 1.807) is 21.9 Å². The maximum absolute atomic E-state index is 13.1. The Morgan fingerprint density at radius 2 is 1.91 bits per heavy atom. The van der Waals surface area contributed by atoms with E-state index in [9.17, 15) is 18.8 Å². The third kappa shape index (κ3) is 7.80. The van der Waals surface area contributed by atoms with Crippen LogP contribution in [0.25, 0.3) is 0 Å². The number of nitrogens with zero attached hydrogens (tertiary/aromatic N) is 2. The Kier molecular flexibility index (Phi) is 9.04. The summed E-state index contributed by atoms with van der Waals surface area (Å²) in [6, 6.07) is 5.67. The second-order valence-electron chi connectivity index (χ2n) is 9.34. The van der Waals surface area contributed by atoms with Crippen molar-refractivity contribution in [1.82, 2.24) is 15.1 Å². The van der Waals surface area contributed by atoms with Gasteiger partial charge in [0.05, 0.1) is 12.3 Å². The molecule has 1 aliphatic rings. The lowest BCUT2D eigenvalue weighted by Crippen LogP contribution is -2.50. The average Bonchev–Trinajstić information content (AvgIpc) is 2.73. The highest BCUT2D eigenvalue weighted by Crippen LogP contribution is 2.18. The second-order valence-corrected chi connectivity index (χ2v) is 9.34. The van der Waals surface area contributed by atoms with Gasteiger partial charge in [-0.25, -0.2) is 9.18 Å². The molecule has 0 unspecified atom stereocenters.